The first-order valence-electron chi connectivity index (χ1n) is 41.9. The maximum Gasteiger partial charge on any atom is 0.472 e. The fourth-order valence-electron chi connectivity index (χ4n) is 12.4. The van der Waals surface area contributed by atoms with Crippen molar-refractivity contribution in [3.8, 4) is 0 Å². The van der Waals surface area contributed by atoms with Gasteiger partial charge in [0.1, 0.15) is 19.3 Å². The van der Waals surface area contributed by atoms with Gasteiger partial charge in [0, 0.05) is 25.7 Å². The molecule has 0 saturated carbocycles. The van der Waals surface area contributed by atoms with Crippen LogP contribution in [0.4, 0.5) is 0 Å². The topological polar surface area (TPSA) is 237 Å². The number of ether oxygens (including phenoxy) is 4. The van der Waals surface area contributed by atoms with E-state index < -0.39 is 97.5 Å². The molecule has 0 amide bonds. The number of rotatable bonds is 79. The van der Waals surface area contributed by atoms with Gasteiger partial charge in [-0.1, -0.05) is 370 Å². The predicted octanol–water partition coefficient (Wildman–Crippen LogP) is 24.1. The van der Waals surface area contributed by atoms with Crippen molar-refractivity contribution in [1.82, 2.24) is 0 Å². The monoisotopic (exact) mass is 1470 g/mol. The van der Waals surface area contributed by atoms with Gasteiger partial charge in [-0.05, 0) is 43.4 Å². The third-order valence-corrected chi connectivity index (χ3v) is 21.5. The molecule has 0 bridgehead atoms. The van der Waals surface area contributed by atoms with Crippen molar-refractivity contribution < 1.29 is 80.2 Å². The Hall–Kier alpha value is -1.94. The van der Waals surface area contributed by atoms with Gasteiger partial charge in [-0.25, -0.2) is 9.13 Å². The molecule has 3 N–H and O–H groups in total. The van der Waals surface area contributed by atoms with E-state index in [0.29, 0.717) is 25.7 Å². The first kappa shape index (κ1) is 98.1. The summed E-state index contributed by atoms with van der Waals surface area (Å²) in [7, 11) is -9.92. The molecule has 0 heterocycles. The molecule has 4 unspecified atom stereocenters. The summed E-state index contributed by atoms with van der Waals surface area (Å²) in [6, 6.07) is 0. The minimum atomic E-state index is -4.96. The molecule has 17 nitrogen and oxygen atoms in total. The zero-order valence-electron chi connectivity index (χ0n) is 65.7. The van der Waals surface area contributed by atoms with Gasteiger partial charge in [0.25, 0.3) is 0 Å². The number of aliphatic hydroxyl groups is 1. The number of carbonyl (C=O) groups excluding carboxylic acids is 4. The summed E-state index contributed by atoms with van der Waals surface area (Å²) >= 11 is 0. The van der Waals surface area contributed by atoms with Gasteiger partial charge in [0.15, 0.2) is 12.2 Å². The van der Waals surface area contributed by atoms with Gasteiger partial charge in [0.05, 0.1) is 26.4 Å². The van der Waals surface area contributed by atoms with E-state index in [-0.39, 0.29) is 25.7 Å². The van der Waals surface area contributed by atoms with E-state index in [2.05, 4.69) is 48.5 Å². The summed E-state index contributed by atoms with van der Waals surface area (Å²) < 4.78 is 68.7. The van der Waals surface area contributed by atoms with E-state index in [1.807, 2.05) is 0 Å². The number of phosphoric ester groups is 2. The van der Waals surface area contributed by atoms with Gasteiger partial charge in [0.2, 0.25) is 0 Å². The minimum absolute atomic E-state index is 0.106. The van der Waals surface area contributed by atoms with Crippen molar-refractivity contribution in [3.05, 3.63) is 0 Å². The molecule has 0 saturated heterocycles. The Morgan fingerprint density at radius 2 is 0.510 bits per heavy atom. The maximum atomic E-state index is 13.1. The number of aliphatic hydroxyl groups excluding tert-OH is 1. The molecule has 100 heavy (non-hydrogen) atoms. The number of unbranched alkanes of at least 4 members (excludes halogenated alkanes) is 45. The molecule has 0 aromatic heterocycles. The lowest BCUT2D eigenvalue weighted by Gasteiger charge is -2.21. The molecule has 0 spiro atoms. The molecule has 0 aliphatic carbocycles. The minimum Gasteiger partial charge on any atom is -0.462 e. The molecule has 0 aliphatic rings. The molecule has 0 aliphatic heterocycles. The van der Waals surface area contributed by atoms with Crippen LogP contribution in [-0.2, 0) is 65.4 Å². The van der Waals surface area contributed by atoms with Crippen molar-refractivity contribution in [1.29, 1.82) is 0 Å². The van der Waals surface area contributed by atoms with Crippen LogP contribution in [0.25, 0.3) is 0 Å². The van der Waals surface area contributed by atoms with Gasteiger partial charge in [-0.2, -0.15) is 0 Å². The molecule has 594 valence electrons. The molecule has 19 heteroatoms. The summed E-state index contributed by atoms with van der Waals surface area (Å²) in [6.07, 6.45) is 59.6. The zero-order valence-corrected chi connectivity index (χ0v) is 67.5. The average Bonchev–Trinajstić information content (AvgIpc) is 1.36. The van der Waals surface area contributed by atoms with E-state index in [1.54, 1.807) is 0 Å². The molecule has 7 atom stereocenters. The molecular formula is C81H158O17P2. The SMILES string of the molecule is CCCCCCCCCCCCCCCCCCCCC(=O)OC[C@H](COP(=O)(O)OC[C@@H](O)COP(=O)(O)OC[C@@H](COC(=O)CCCCCCCCC(C)CC)OC(=O)CCCCCCCCCCCCCC(C)C)OC(=O)CCCCCCCCCCCCCCCCC(C)CC. The molecule has 0 fully saturated rings. The highest BCUT2D eigenvalue weighted by Crippen LogP contribution is 2.45. The van der Waals surface area contributed by atoms with Gasteiger partial charge in [-0.15, -0.1) is 0 Å². The lowest BCUT2D eigenvalue weighted by molar-refractivity contribution is -0.161. The highest BCUT2D eigenvalue weighted by atomic mass is 31.2. The van der Waals surface area contributed by atoms with Gasteiger partial charge in [-0.3, -0.25) is 37.3 Å². The Morgan fingerprint density at radius 1 is 0.290 bits per heavy atom. The Labute approximate surface area is 613 Å². The fraction of sp³-hybridized carbons (Fsp3) is 0.951. The first-order chi connectivity index (χ1) is 48.3. The zero-order chi connectivity index (χ0) is 73.7. The fourth-order valence-corrected chi connectivity index (χ4v) is 14.0. The van der Waals surface area contributed by atoms with Crippen LogP contribution < -0.4 is 0 Å². The number of hydrogen-bond donors (Lipinski definition) is 3. The van der Waals surface area contributed by atoms with E-state index in [0.717, 1.165) is 114 Å². The van der Waals surface area contributed by atoms with Crippen LogP contribution in [0.2, 0.25) is 0 Å². The second kappa shape index (κ2) is 71.3. The summed E-state index contributed by atoms with van der Waals surface area (Å²) in [4.78, 5) is 73.0. The second-order valence-corrected chi connectivity index (χ2v) is 33.0. The highest BCUT2D eigenvalue weighted by molar-refractivity contribution is 7.47. The Kier molecular flexibility index (Phi) is 69.9. The molecular weight excluding hydrogens is 1310 g/mol. The molecule has 0 aromatic carbocycles. The van der Waals surface area contributed by atoms with Crippen LogP contribution in [-0.4, -0.2) is 96.7 Å². The maximum absolute atomic E-state index is 13.1. The molecule has 0 rings (SSSR count). The van der Waals surface area contributed by atoms with Crippen LogP contribution >= 0.6 is 15.6 Å². The van der Waals surface area contributed by atoms with Crippen LogP contribution in [0.3, 0.4) is 0 Å². The van der Waals surface area contributed by atoms with E-state index in [4.69, 9.17) is 37.0 Å². The summed E-state index contributed by atoms with van der Waals surface area (Å²) in [5.41, 5.74) is 0. The highest BCUT2D eigenvalue weighted by Gasteiger charge is 2.30. The Balaban J connectivity index is 5.25. The lowest BCUT2D eigenvalue weighted by atomic mass is 9.99. The Bertz CT molecular complexity index is 1940. The van der Waals surface area contributed by atoms with Crippen molar-refractivity contribution in [2.75, 3.05) is 39.6 Å². The standard InChI is InChI=1S/C81H158O17P2/c1-8-11-12-13-14-15-16-17-18-19-20-21-25-30-35-40-48-55-62-78(83)91-68-76(97-80(85)64-57-50-41-36-31-26-23-22-24-29-34-39-46-53-60-73(6)9-2)70-95-99(87,88)93-66-75(82)67-94-100(89,90)96-71-77(69-92-79(84)63-56-49-44-43-47-54-61-74(7)10-3)98-81(86)65-58-51-42-37-32-27-28-33-38-45-52-59-72(4)5/h72-77,82H,8-71H2,1-7H3,(H,87,88)(H,89,90)/t73?,74?,75-,76-,77-/m1/s1. The summed E-state index contributed by atoms with van der Waals surface area (Å²) in [5, 5.41) is 10.6. The van der Waals surface area contributed by atoms with E-state index in [1.165, 1.54) is 225 Å². The smallest absolute Gasteiger partial charge is 0.462 e. The van der Waals surface area contributed by atoms with Gasteiger partial charge >= 0.3 is 39.5 Å². The second-order valence-electron chi connectivity index (χ2n) is 30.1. The summed E-state index contributed by atoms with van der Waals surface area (Å²) in [5.74, 6) is 0.230. The van der Waals surface area contributed by atoms with Crippen LogP contribution in [0.1, 0.15) is 421 Å². The number of esters is 4. The third-order valence-electron chi connectivity index (χ3n) is 19.6. The molecule has 0 aromatic rings. The number of hydrogen-bond acceptors (Lipinski definition) is 15. The van der Waals surface area contributed by atoms with Gasteiger partial charge < -0.3 is 33.8 Å². The van der Waals surface area contributed by atoms with Crippen molar-refractivity contribution in [3.63, 3.8) is 0 Å². The largest absolute Gasteiger partial charge is 0.472 e. The number of carbonyl (C=O) groups is 4. The lowest BCUT2D eigenvalue weighted by Crippen LogP contribution is -2.30. The van der Waals surface area contributed by atoms with Crippen LogP contribution in [0, 0.1) is 17.8 Å². The number of phosphoric acid groups is 2. The van der Waals surface area contributed by atoms with Crippen molar-refractivity contribution >= 4 is 39.5 Å². The quantitative estimate of drug-likeness (QED) is 0.0222. The average molecular weight is 1470 g/mol. The Morgan fingerprint density at radius 3 is 0.760 bits per heavy atom. The molecule has 0 radical (unpaired) electrons. The van der Waals surface area contributed by atoms with E-state index >= 15 is 0 Å². The van der Waals surface area contributed by atoms with Crippen LogP contribution in [0.5, 0.6) is 0 Å². The predicted molar refractivity (Wildman–Crippen MR) is 409 cm³/mol. The van der Waals surface area contributed by atoms with E-state index in [9.17, 15) is 43.2 Å². The summed E-state index contributed by atoms with van der Waals surface area (Å²) in [6.45, 7) is 12.0. The van der Waals surface area contributed by atoms with Crippen molar-refractivity contribution in [2.45, 2.75) is 439 Å². The first-order valence-corrected chi connectivity index (χ1v) is 44.9. The van der Waals surface area contributed by atoms with Crippen molar-refractivity contribution in [2.24, 2.45) is 17.8 Å². The normalized spacial score (nSPS) is 14.5. The van der Waals surface area contributed by atoms with Crippen LogP contribution in [0.15, 0.2) is 0 Å². The third kappa shape index (κ3) is 71.7.